The number of aliphatic carboxylic acids is 2. The lowest BCUT2D eigenvalue weighted by Crippen LogP contribution is -2.59. The summed E-state index contributed by atoms with van der Waals surface area (Å²) in [4.78, 5) is 60.7. The van der Waals surface area contributed by atoms with Crippen molar-refractivity contribution in [1.29, 1.82) is 0 Å². The molecule has 6 unspecified atom stereocenters. The number of unbranched alkanes of at least 4 members (excludes halogenated alkanes) is 1. The van der Waals surface area contributed by atoms with Crippen molar-refractivity contribution in [3.8, 4) is 0 Å². The van der Waals surface area contributed by atoms with E-state index in [2.05, 4.69) is 16.0 Å². The number of hydrogen-bond acceptors (Lipinski definition) is 7. The molecule has 0 aliphatic heterocycles. The van der Waals surface area contributed by atoms with Crippen LogP contribution < -0.4 is 27.4 Å². The van der Waals surface area contributed by atoms with Crippen LogP contribution in [-0.4, -0.2) is 70.6 Å². The number of carbonyl (C=O) groups excluding carboxylic acids is 3. The lowest BCUT2D eigenvalue weighted by Gasteiger charge is -2.28. The molecule has 196 valence electrons. The normalized spacial score (nSPS) is 16.3. The van der Waals surface area contributed by atoms with Gasteiger partial charge in [-0.3, -0.25) is 19.2 Å². The van der Waals surface area contributed by atoms with Gasteiger partial charge >= 0.3 is 11.9 Å². The summed E-state index contributed by atoms with van der Waals surface area (Å²) in [5, 5.41) is 25.6. The van der Waals surface area contributed by atoms with Crippen LogP contribution in [0.3, 0.4) is 0 Å². The second kappa shape index (κ2) is 16.0. The van der Waals surface area contributed by atoms with E-state index in [1.165, 1.54) is 0 Å². The highest BCUT2D eigenvalue weighted by molar-refractivity contribution is 5.94. The smallest absolute Gasteiger partial charge is 0.326 e. The zero-order valence-electron chi connectivity index (χ0n) is 20.5. The van der Waals surface area contributed by atoms with Crippen LogP contribution in [0.25, 0.3) is 0 Å². The predicted molar refractivity (Wildman–Crippen MR) is 125 cm³/mol. The van der Waals surface area contributed by atoms with Gasteiger partial charge in [-0.2, -0.15) is 0 Å². The minimum atomic E-state index is -1.65. The van der Waals surface area contributed by atoms with E-state index >= 15 is 0 Å². The molecule has 0 radical (unpaired) electrons. The lowest BCUT2D eigenvalue weighted by atomic mass is 9.96. The van der Waals surface area contributed by atoms with Crippen molar-refractivity contribution in [2.24, 2.45) is 23.3 Å². The third kappa shape index (κ3) is 10.9. The molecular weight excluding hydrogens is 446 g/mol. The molecule has 6 atom stereocenters. The van der Waals surface area contributed by atoms with Crippen molar-refractivity contribution in [2.75, 3.05) is 6.54 Å². The Balaban J connectivity index is 5.61. The Hall–Kier alpha value is -2.73. The van der Waals surface area contributed by atoms with Crippen molar-refractivity contribution in [1.82, 2.24) is 16.0 Å². The standard InChI is InChI=1S/C22H41N5O7/c1-5-12(3)17(24)20(31)25-14(9-7-8-10-23)19(30)27-18(13(4)6-2)21(32)26-15(22(33)34)11-16(28)29/h12-15,17-18H,5-11,23-24H2,1-4H3,(H,25,31)(H,26,32)(H,27,30)(H,28,29)(H,33,34). The lowest BCUT2D eigenvalue weighted by molar-refractivity contribution is -0.147. The third-order valence-corrected chi connectivity index (χ3v) is 5.93. The van der Waals surface area contributed by atoms with Crippen LogP contribution in [0, 0.1) is 11.8 Å². The van der Waals surface area contributed by atoms with Gasteiger partial charge in [0.2, 0.25) is 17.7 Å². The van der Waals surface area contributed by atoms with Crippen LogP contribution in [0.2, 0.25) is 0 Å². The number of rotatable bonds is 17. The van der Waals surface area contributed by atoms with Gasteiger partial charge in [-0.25, -0.2) is 4.79 Å². The zero-order chi connectivity index (χ0) is 26.4. The summed E-state index contributed by atoms with van der Waals surface area (Å²) in [6, 6.07) is -4.56. The number of nitrogens with one attached hydrogen (secondary N) is 3. The Morgan fingerprint density at radius 3 is 1.82 bits per heavy atom. The average Bonchev–Trinajstić information content (AvgIpc) is 2.79. The van der Waals surface area contributed by atoms with E-state index in [1.54, 1.807) is 13.8 Å². The molecule has 3 amide bonds. The van der Waals surface area contributed by atoms with Crippen LogP contribution in [0.15, 0.2) is 0 Å². The van der Waals surface area contributed by atoms with Gasteiger partial charge < -0.3 is 37.6 Å². The Morgan fingerprint density at radius 2 is 1.35 bits per heavy atom. The second-order valence-corrected chi connectivity index (χ2v) is 8.63. The van der Waals surface area contributed by atoms with Gasteiger partial charge in [-0.1, -0.05) is 40.5 Å². The van der Waals surface area contributed by atoms with Crippen LogP contribution in [-0.2, 0) is 24.0 Å². The Kier molecular flexibility index (Phi) is 14.7. The molecule has 0 aromatic carbocycles. The molecule has 0 bridgehead atoms. The molecule has 0 fully saturated rings. The molecule has 0 spiro atoms. The van der Waals surface area contributed by atoms with Gasteiger partial charge in [0.05, 0.1) is 12.5 Å². The Labute approximate surface area is 200 Å². The maximum atomic E-state index is 13.1. The Bertz CT molecular complexity index is 703. The van der Waals surface area contributed by atoms with Crippen molar-refractivity contribution in [3.63, 3.8) is 0 Å². The first-order valence-corrected chi connectivity index (χ1v) is 11.7. The third-order valence-electron chi connectivity index (χ3n) is 5.93. The molecule has 0 saturated heterocycles. The summed E-state index contributed by atoms with van der Waals surface area (Å²) in [5.41, 5.74) is 11.5. The number of carbonyl (C=O) groups is 5. The molecule has 0 aromatic rings. The van der Waals surface area contributed by atoms with Crippen molar-refractivity contribution < 1.29 is 34.2 Å². The van der Waals surface area contributed by atoms with Crippen LogP contribution in [0.5, 0.6) is 0 Å². The first kappa shape index (κ1) is 31.3. The van der Waals surface area contributed by atoms with Crippen molar-refractivity contribution in [2.45, 2.75) is 90.4 Å². The average molecular weight is 488 g/mol. The first-order chi connectivity index (χ1) is 15.9. The fourth-order valence-corrected chi connectivity index (χ4v) is 3.13. The van der Waals surface area contributed by atoms with Gasteiger partial charge in [-0.05, 0) is 37.6 Å². The fraction of sp³-hybridized carbons (Fsp3) is 0.773. The Morgan fingerprint density at radius 1 is 0.794 bits per heavy atom. The molecule has 0 rings (SSSR count). The summed E-state index contributed by atoms with van der Waals surface area (Å²) in [6.45, 7) is 7.61. The highest BCUT2D eigenvalue weighted by atomic mass is 16.4. The highest BCUT2D eigenvalue weighted by Crippen LogP contribution is 2.12. The monoisotopic (exact) mass is 487 g/mol. The minimum Gasteiger partial charge on any atom is -0.481 e. The molecule has 0 aliphatic carbocycles. The van der Waals surface area contributed by atoms with Gasteiger partial charge in [0.25, 0.3) is 0 Å². The van der Waals surface area contributed by atoms with E-state index in [9.17, 15) is 29.1 Å². The van der Waals surface area contributed by atoms with E-state index < -0.39 is 66.2 Å². The number of hydrogen-bond donors (Lipinski definition) is 7. The number of amides is 3. The summed E-state index contributed by atoms with van der Waals surface area (Å²) in [7, 11) is 0. The van der Waals surface area contributed by atoms with Crippen LogP contribution >= 0.6 is 0 Å². The summed E-state index contributed by atoms with van der Waals surface area (Å²) in [5.74, 6) is -5.32. The summed E-state index contributed by atoms with van der Waals surface area (Å²) >= 11 is 0. The van der Waals surface area contributed by atoms with Gasteiger partial charge in [0.1, 0.15) is 18.1 Å². The van der Waals surface area contributed by atoms with E-state index in [4.69, 9.17) is 16.6 Å². The second-order valence-electron chi connectivity index (χ2n) is 8.63. The molecule has 0 heterocycles. The molecule has 0 aromatic heterocycles. The molecule has 0 saturated carbocycles. The van der Waals surface area contributed by atoms with Gasteiger partial charge in [0.15, 0.2) is 0 Å². The molecule has 12 nitrogen and oxygen atoms in total. The van der Waals surface area contributed by atoms with Crippen LogP contribution in [0.4, 0.5) is 0 Å². The maximum absolute atomic E-state index is 13.1. The molecule has 34 heavy (non-hydrogen) atoms. The number of nitrogens with two attached hydrogens (primary N) is 2. The van der Waals surface area contributed by atoms with E-state index in [0.717, 1.165) is 0 Å². The number of carboxylic acid groups (broad SMARTS) is 2. The highest BCUT2D eigenvalue weighted by Gasteiger charge is 2.33. The first-order valence-electron chi connectivity index (χ1n) is 11.7. The fourth-order valence-electron chi connectivity index (χ4n) is 3.13. The van der Waals surface area contributed by atoms with Crippen molar-refractivity contribution >= 4 is 29.7 Å². The summed E-state index contributed by atoms with van der Waals surface area (Å²) < 4.78 is 0. The molecule has 0 aliphatic rings. The maximum Gasteiger partial charge on any atom is 0.326 e. The zero-order valence-corrected chi connectivity index (χ0v) is 20.5. The van der Waals surface area contributed by atoms with Gasteiger partial charge in [-0.15, -0.1) is 0 Å². The SMILES string of the molecule is CCC(C)C(N)C(=O)NC(CCCCN)C(=O)NC(C(=O)NC(CC(=O)O)C(=O)O)C(C)CC. The van der Waals surface area contributed by atoms with E-state index in [1.807, 2.05) is 13.8 Å². The van der Waals surface area contributed by atoms with Crippen molar-refractivity contribution in [3.05, 3.63) is 0 Å². The largest absolute Gasteiger partial charge is 0.481 e. The predicted octanol–water partition coefficient (Wildman–Crippen LogP) is -0.451. The molecule has 9 N–H and O–H groups in total. The molecule has 12 heteroatoms. The quantitative estimate of drug-likeness (QED) is 0.132. The van der Waals surface area contributed by atoms with Crippen LogP contribution in [0.1, 0.15) is 66.2 Å². The summed E-state index contributed by atoms with van der Waals surface area (Å²) in [6.07, 6.45) is 1.78. The van der Waals surface area contributed by atoms with E-state index in [0.29, 0.717) is 32.2 Å². The van der Waals surface area contributed by atoms with E-state index in [-0.39, 0.29) is 12.3 Å². The number of carboxylic acids is 2. The minimum absolute atomic E-state index is 0.103. The molecular formula is C22H41N5O7. The topological polar surface area (TPSA) is 214 Å². The van der Waals surface area contributed by atoms with Gasteiger partial charge in [0, 0.05) is 0 Å².